The summed E-state index contributed by atoms with van der Waals surface area (Å²) >= 11 is 5.97. The summed E-state index contributed by atoms with van der Waals surface area (Å²) in [6, 6.07) is 8.47. The lowest BCUT2D eigenvalue weighted by Crippen LogP contribution is -2.53. The first-order chi connectivity index (χ1) is 13.1. The predicted molar refractivity (Wildman–Crippen MR) is 110 cm³/mol. The Balaban J connectivity index is 1.65. The van der Waals surface area contributed by atoms with Crippen LogP contribution in [0, 0.1) is 5.92 Å². The summed E-state index contributed by atoms with van der Waals surface area (Å²) in [5.74, 6) is 1.61. The van der Waals surface area contributed by atoms with Gasteiger partial charge in [-0.05, 0) is 49.6 Å². The lowest BCUT2D eigenvalue weighted by atomic mass is 10.1. The Morgan fingerprint density at radius 1 is 1.26 bits per heavy atom. The molecule has 6 heteroatoms. The van der Waals surface area contributed by atoms with Gasteiger partial charge in [0.1, 0.15) is 5.82 Å². The molecule has 1 aliphatic heterocycles. The van der Waals surface area contributed by atoms with Gasteiger partial charge in [-0.2, -0.15) is 0 Å². The van der Waals surface area contributed by atoms with Gasteiger partial charge >= 0.3 is 0 Å². The van der Waals surface area contributed by atoms with E-state index in [2.05, 4.69) is 51.5 Å². The molecule has 0 aliphatic carbocycles. The van der Waals surface area contributed by atoms with Gasteiger partial charge in [0.25, 0.3) is 0 Å². The van der Waals surface area contributed by atoms with E-state index in [1.807, 2.05) is 12.1 Å². The number of aliphatic hydroxyl groups is 1. The summed E-state index contributed by atoms with van der Waals surface area (Å²) in [7, 11) is 0. The van der Waals surface area contributed by atoms with Crippen LogP contribution < -0.4 is 0 Å². The van der Waals surface area contributed by atoms with Crippen LogP contribution in [-0.4, -0.2) is 63.3 Å². The Bertz CT molecular complexity index is 700. The highest BCUT2D eigenvalue weighted by Crippen LogP contribution is 2.19. The molecule has 2 aromatic heterocycles. The molecule has 3 rings (SSSR count). The number of piperazine rings is 1. The van der Waals surface area contributed by atoms with Gasteiger partial charge in [-0.15, -0.1) is 0 Å². The van der Waals surface area contributed by atoms with Crippen molar-refractivity contribution in [2.24, 2.45) is 5.92 Å². The maximum Gasteiger partial charge on any atom is 0.136 e. The van der Waals surface area contributed by atoms with Crippen LogP contribution in [0.2, 0.25) is 5.02 Å². The van der Waals surface area contributed by atoms with E-state index in [-0.39, 0.29) is 6.61 Å². The second kappa shape index (κ2) is 9.69. The molecule has 1 N–H and O–H groups in total. The Kier molecular flexibility index (Phi) is 7.30. The van der Waals surface area contributed by atoms with E-state index < -0.39 is 0 Å². The van der Waals surface area contributed by atoms with E-state index in [1.165, 1.54) is 12.1 Å². The van der Waals surface area contributed by atoms with Crippen LogP contribution in [-0.2, 0) is 6.54 Å². The van der Waals surface area contributed by atoms with Gasteiger partial charge in [0.2, 0.25) is 0 Å². The minimum absolute atomic E-state index is 0.252. The molecule has 2 aromatic rings. The second-order valence-electron chi connectivity index (χ2n) is 7.82. The Labute approximate surface area is 167 Å². The number of halogens is 1. The third-order valence-electron chi connectivity index (χ3n) is 5.32. The van der Waals surface area contributed by atoms with Crippen molar-refractivity contribution in [3.05, 3.63) is 47.4 Å². The number of aromatic nitrogens is 2. The van der Waals surface area contributed by atoms with Gasteiger partial charge in [-0.1, -0.05) is 25.4 Å². The van der Waals surface area contributed by atoms with Gasteiger partial charge in [0.15, 0.2) is 0 Å². The molecule has 148 valence electrons. The van der Waals surface area contributed by atoms with Crippen LogP contribution in [0.3, 0.4) is 0 Å². The van der Waals surface area contributed by atoms with Gasteiger partial charge < -0.3 is 9.67 Å². The number of nitrogens with zero attached hydrogens (tertiary/aromatic N) is 4. The van der Waals surface area contributed by atoms with Crippen LogP contribution in [0.25, 0.3) is 5.82 Å². The van der Waals surface area contributed by atoms with Crippen molar-refractivity contribution in [1.29, 1.82) is 0 Å². The van der Waals surface area contributed by atoms with Crippen molar-refractivity contribution < 1.29 is 5.11 Å². The van der Waals surface area contributed by atoms with Gasteiger partial charge in [0, 0.05) is 56.9 Å². The summed E-state index contributed by atoms with van der Waals surface area (Å²) in [5, 5.41) is 10.2. The highest BCUT2D eigenvalue weighted by molar-refractivity contribution is 6.30. The molecule has 3 heterocycles. The molecule has 0 saturated carbocycles. The Morgan fingerprint density at radius 2 is 2.11 bits per heavy atom. The van der Waals surface area contributed by atoms with Crippen LogP contribution in [0.15, 0.2) is 36.7 Å². The summed E-state index contributed by atoms with van der Waals surface area (Å²) in [6.45, 7) is 9.93. The van der Waals surface area contributed by atoms with Crippen LogP contribution in [0.4, 0.5) is 0 Å². The smallest absolute Gasteiger partial charge is 0.136 e. The van der Waals surface area contributed by atoms with Crippen molar-refractivity contribution >= 4 is 11.6 Å². The Morgan fingerprint density at radius 3 is 2.81 bits per heavy atom. The van der Waals surface area contributed by atoms with E-state index in [1.54, 1.807) is 6.20 Å². The van der Waals surface area contributed by atoms with Crippen molar-refractivity contribution in [2.75, 3.05) is 32.8 Å². The van der Waals surface area contributed by atoms with Gasteiger partial charge in [-0.25, -0.2) is 4.98 Å². The normalized spacial score (nSPS) is 19.1. The van der Waals surface area contributed by atoms with Crippen molar-refractivity contribution in [3.63, 3.8) is 0 Å². The maximum atomic E-state index is 9.50. The third kappa shape index (κ3) is 5.55. The summed E-state index contributed by atoms with van der Waals surface area (Å²) in [5.41, 5.74) is 1.23. The summed E-state index contributed by atoms with van der Waals surface area (Å²) in [4.78, 5) is 9.50. The van der Waals surface area contributed by atoms with E-state index in [4.69, 9.17) is 11.6 Å². The fourth-order valence-corrected chi connectivity index (χ4v) is 3.86. The first-order valence-electron chi connectivity index (χ1n) is 9.92. The molecule has 1 saturated heterocycles. The van der Waals surface area contributed by atoms with Crippen LogP contribution in [0.1, 0.15) is 32.4 Å². The van der Waals surface area contributed by atoms with E-state index in [0.29, 0.717) is 17.0 Å². The number of pyridine rings is 1. The summed E-state index contributed by atoms with van der Waals surface area (Å²) in [6.07, 6.45) is 5.79. The topological polar surface area (TPSA) is 44.5 Å². The standard InChI is InChI=1S/C21H31ClN4O/c1-17(2)7-10-25-12-11-24(15-19(25)8-13-27)16-20-4-3-9-26(20)21-6-5-18(22)14-23-21/h3-6,9,14,17,19,27H,7-8,10-13,15-16H2,1-2H3/t19-/m1/s1. The van der Waals surface area contributed by atoms with E-state index >= 15 is 0 Å². The number of aliphatic hydroxyl groups excluding tert-OH is 1. The highest BCUT2D eigenvalue weighted by Gasteiger charge is 2.27. The SMILES string of the molecule is CC(C)CCN1CCN(Cc2cccn2-c2ccc(Cl)cn2)C[C@H]1CCO. The monoisotopic (exact) mass is 390 g/mol. The maximum absolute atomic E-state index is 9.50. The highest BCUT2D eigenvalue weighted by atomic mass is 35.5. The zero-order valence-electron chi connectivity index (χ0n) is 16.4. The molecule has 0 spiro atoms. The van der Waals surface area contributed by atoms with Crippen molar-refractivity contribution in [3.8, 4) is 5.82 Å². The largest absolute Gasteiger partial charge is 0.396 e. The molecule has 1 aliphatic rings. The first kappa shape index (κ1) is 20.3. The lowest BCUT2D eigenvalue weighted by Gasteiger charge is -2.41. The molecule has 0 radical (unpaired) electrons. The van der Waals surface area contributed by atoms with E-state index in [9.17, 15) is 5.11 Å². The molecular weight excluding hydrogens is 360 g/mol. The fourth-order valence-electron chi connectivity index (χ4n) is 3.75. The number of hydrogen-bond acceptors (Lipinski definition) is 4. The zero-order chi connectivity index (χ0) is 19.2. The average molecular weight is 391 g/mol. The quantitative estimate of drug-likeness (QED) is 0.749. The molecule has 0 bridgehead atoms. The van der Waals surface area contributed by atoms with E-state index in [0.717, 1.165) is 45.0 Å². The fraction of sp³-hybridized carbons (Fsp3) is 0.571. The van der Waals surface area contributed by atoms with Crippen LogP contribution in [0.5, 0.6) is 0 Å². The van der Waals surface area contributed by atoms with Crippen LogP contribution >= 0.6 is 11.6 Å². The lowest BCUT2D eigenvalue weighted by molar-refractivity contribution is 0.0516. The number of rotatable bonds is 8. The zero-order valence-corrected chi connectivity index (χ0v) is 17.1. The minimum Gasteiger partial charge on any atom is -0.396 e. The van der Waals surface area contributed by atoms with Gasteiger partial charge in [0.05, 0.1) is 5.02 Å². The first-order valence-corrected chi connectivity index (χ1v) is 10.3. The molecule has 1 atom stereocenters. The molecule has 0 unspecified atom stereocenters. The molecular formula is C21H31ClN4O. The van der Waals surface area contributed by atoms with Crippen molar-refractivity contribution in [1.82, 2.24) is 19.4 Å². The van der Waals surface area contributed by atoms with Gasteiger partial charge in [-0.3, -0.25) is 9.80 Å². The second-order valence-corrected chi connectivity index (χ2v) is 8.26. The minimum atomic E-state index is 0.252. The third-order valence-corrected chi connectivity index (χ3v) is 5.55. The summed E-state index contributed by atoms with van der Waals surface area (Å²) < 4.78 is 2.13. The number of hydrogen-bond donors (Lipinski definition) is 1. The predicted octanol–water partition coefficient (Wildman–Crippen LogP) is 3.44. The Hall–Kier alpha value is -1.40. The van der Waals surface area contributed by atoms with Crippen molar-refractivity contribution in [2.45, 2.75) is 39.3 Å². The molecule has 1 fully saturated rings. The molecule has 5 nitrogen and oxygen atoms in total. The molecule has 0 amide bonds. The average Bonchev–Trinajstić information content (AvgIpc) is 3.10. The molecule has 27 heavy (non-hydrogen) atoms. The molecule has 0 aromatic carbocycles.